The fourth-order valence-electron chi connectivity index (χ4n) is 6.09. The third-order valence-electron chi connectivity index (χ3n) is 8.52. The molecule has 0 spiro atoms. The van der Waals surface area contributed by atoms with Gasteiger partial charge in [0.15, 0.2) is 0 Å². The van der Waals surface area contributed by atoms with Crippen LogP contribution in [0.15, 0.2) is 189 Å². The Bertz CT molecular complexity index is 1950. The van der Waals surface area contributed by atoms with Crippen LogP contribution in [0.25, 0.3) is 33.4 Å². The van der Waals surface area contributed by atoms with Crippen molar-refractivity contribution in [1.82, 2.24) is 0 Å². The second kappa shape index (κ2) is 13.5. The summed E-state index contributed by atoms with van der Waals surface area (Å²) >= 11 is 0. The highest BCUT2D eigenvalue weighted by molar-refractivity contribution is 5.85. The third kappa shape index (κ3) is 6.55. The van der Waals surface area contributed by atoms with E-state index >= 15 is 0 Å². The maximum Gasteiger partial charge on any atom is 0.0455 e. The number of hydrogen-bond acceptors (Lipinski definition) is 1. The number of anilines is 2. The molecule has 0 atom stereocenters. The smallest absolute Gasteiger partial charge is 0.0455 e. The largest absolute Gasteiger partial charge is 0.317 e. The van der Waals surface area contributed by atoms with E-state index in [0.717, 1.165) is 22.5 Å². The Hall–Kier alpha value is -5.66. The minimum atomic E-state index is -0.0306. The van der Waals surface area contributed by atoms with Crippen LogP contribution < -0.4 is 4.90 Å². The lowest BCUT2D eigenvalue weighted by molar-refractivity contribution is 0.683. The molecule has 1 aliphatic rings. The van der Waals surface area contributed by atoms with Crippen molar-refractivity contribution < 1.29 is 0 Å². The van der Waals surface area contributed by atoms with Crippen molar-refractivity contribution in [2.75, 3.05) is 4.90 Å². The van der Waals surface area contributed by atoms with Crippen molar-refractivity contribution in [2.24, 2.45) is 0 Å². The highest BCUT2D eigenvalue weighted by Gasteiger charge is 2.29. The second-order valence-corrected chi connectivity index (χ2v) is 12.0. The number of benzene rings is 5. The van der Waals surface area contributed by atoms with Crippen LogP contribution in [-0.2, 0) is 5.41 Å². The predicted molar refractivity (Wildman–Crippen MR) is 200 cm³/mol. The first kappa shape index (κ1) is 30.4. The third-order valence-corrected chi connectivity index (χ3v) is 8.52. The zero-order chi connectivity index (χ0) is 31.9. The summed E-state index contributed by atoms with van der Waals surface area (Å²) in [5, 5.41) is 0. The molecule has 0 bridgehead atoms. The van der Waals surface area contributed by atoms with Crippen molar-refractivity contribution in [2.45, 2.75) is 19.3 Å². The first-order valence-electron chi connectivity index (χ1n) is 15.8. The number of rotatable bonds is 10. The molecule has 0 N–H and O–H groups in total. The zero-order valence-corrected chi connectivity index (χ0v) is 26.6. The molecule has 0 fully saturated rings. The molecule has 0 aromatic heterocycles. The Kier molecular flexibility index (Phi) is 8.94. The minimum absolute atomic E-state index is 0.0306. The standard InChI is InChI=1S/C45H39N/c1-5-7-15-40-33-45(3,4)44-32-39(25-30-43(40)44)38-23-28-42(29-24-38)46(31-14-20-34(6-2)35-16-10-8-11-17-35)41-26-21-37(22-27-41)36-18-12-9-13-19-36/h5-33H,1-2H2,3-4H3/b15-7-,31-14+,34-20+. The van der Waals surface area contributed by atoms with Crippen molar-refractivity contribution in [3.8, 4) is 22.3 Å². The van der Waals surface area contributed by atoms with Gasteiger partial charge in [-0.25, -0.2) is 0 Å². The van der Waals surface area contributed by atoms with E-state index in [4.69, 9.17) is 0 Å². The molecular formula is C45H39N. The summed E-state index contributed by atoms with van der Waals surface area (Å²) in [5.74, 6) is 0. The topological polar surface area (TPSA) is 3.24 Å². The van der Waals surface area contributed by atoms with Crippen LogP contribution in [0.5, 0.6) is 0 Å². The van der Waals surface area contributed by atoms with Gasteiger partial charge >= 0.3 is 0 Å². The maximum atomic E-state index is 4.05. The highest BCUT2D eigenvalue weighted by atomic mass is 15.1. The van der Waals surface area contributed by atoms with Gasteiger partial charge in [0.25, 0.3) is 0 Å². The van der Waals surface area contributed by atoms with E-state index in [1.807, 2.05) is 30.4 Å². The molecule has 224 valence electrons. The molecule has 0 saturated heterocycles. The number of nitrogens with zero attached hydrogens (tertiary/aromatic N) is 1. The molecule has 0 heterocycles. The average Bonchev–Trinajstić information content (AvgIpc) is 3.37. The lowest BCUT2D eigenvalue weighted by Gasteiger charge is -2.22. The maximum absolute atomic E-state index is 4.05. The van der Waals surface area contributed by atoms with Gasteiger partial charge in [-0.05, 0) is 86.5 Å². The molecular weight excluding hydrogens is 555 g/mol. The number of allylic oxidation sites excluding steroid dienone is 9. The van der Waals surface area contributed by atoms with Crippen LogP contribution in [0.4, 0.5) is 11.4 Å². The van der Waals surface area contributed by atoms with Crippen molar-refractivity contribution in [3.05, 3.63) is 206 Å². The quantitative estimate of drug-likeness (QED) is 0.146. The summed E-state index contributed by atoms with van der Waals surface area (Å²) in [6, 6.07) is 45.3. The van der Waals surface area contributed by atoms with Gasteiger partial charge in [-0.2, -0.15) is 0 Å². The van der Waals surface area contributed by atoms with Gasteiger partial charge in [-0.3, -0.25) is 0 Å². The van der Waals surface area contributed by atoms with E-state index in [0.29, 0.717) is 0 Å². The number of fused-ring (bicyclic) bond motifs is 1. The summed E-state index contributed by atoms with van der Waals surface area (Å²) in [6.45, 7) is 12.4. The summed E-state index contributed by atoms with van der Waals surface area (Å²) in [7, 11) is 0. The van der Waals surface area contributed by atoms with Crippen LogP contribution in [0.3, 0.4) is 0 Å². The first-order valence-corrected chi connectivity index (χ1v) is 15.8. The van der Waals surface area contributed by atoms with E-state index in [1.54, 1.807) is 0 Å². The van der Waals surface area contributed by atoms with Gasteiger partial charge in [0.1, 0.15) is 0 Å². The fraction of sp³-hybridized carbons (Fsp3) is 0.0667. The molecule has 1 aliphatic carbocycles. The predicted octanol–water partition coefficient (Wildman–Crippen LogP) is 12.4. The SMILES string of the molecule is C=C/C=C\C1=CC(C)(C)c2cc(-c3ccc(N(/C=C/C=C(\C=C)c4ccccc4)c4ccc(-c5ccccc5)cc4)cc3)ccc21. The molecule has 1 heteroatoms. The average molecular weight is 594 g/mol. The van der Waals surface area contributed by atoms with E-state index in [-0.39, 0.29) is 5.41 Å². The van der Waals surface area contributed by atoms with Crippen LogP contribution in [0, 0.1) is 0 Å². The van der Waals surface area contributed by atoms with E-state index in [9.17, 15) is 0 Å². The lowest BCUT2D eigenvalue weighted by Crippen LogP contribution is -2.10. The fourth-order valence-corrected chi connectivity index (χ4v) is 6.09. The van der Waals surface area contributed by atoms with Crippen LogP contribution in [0.1, 0.15) is 30.5 Å². The molecule has 0 unspecified atom stereocenters. The molecule has 0 radical (unpaired) electrons. The van der Waals surface area contributed by atoms with Crippen molar-refractivity contribution in [1.29, 1.82) is 0 Å². The molecule has 6 rings (SSSR count). The molecule has 1 nitrogen and oxygen atoms in total. The normalized spacial score (nSPS) is 13.9. The summed E-state index contributed by atoms with van der Waals surface area (Å²) in [4.78, 5) is 2.23. The first-order chi connectivity index (χ1) is 22.5. The van der Waals surface area contributed by atoms with Crippen LogP contribution >= 0.6 is 0 Å². The molecule has 46 heavy (non-hydrogen) atoms. The molecule has 5 aromatic carbocycles. The highest BCUT2D eigenvalue weighted by Crippen LogP contribution is 2.43. The molecule has 5 aromatic rings. The van der Waals surface area contributed by atoms with Gasteiger partial charge in [0, 0.05) is 23.0 Å². The Morgan fingerprint density at radius 3 is 1.80 bits per heavy atom. The van der Waals surface area contributed by atoms with Gasteiger partial charge in [-0.15, -0.1) is 0 Å². The van der Waals surface area contributed by atoms with E-state index in [1.165, 1.54) is 39.0 Å². The van der Waals surface area contributed by atoms with Gasteiger partial charge in [-0.1, -0.05) is 161 Å². The summed E-state index contributed by atoms with van der Waals surface area (Å²) in [6.07, 6.45) is 16.6. The molecule has 0 saturated carbocycles. The van der Waals surface area contributed by atoms with Gasteiger partial charge in [0.05, 0.1) is 0 Å². The van der Waals surface area contributed by atoms with Crippen LogP contribution in [0.2, 0.25) is 0 Å². The van der Waals surface area contributed by atoms with Crippen LogP contribution in [-0.4, -0.2) is 0 Å². The summed E-state index contributed by atoms with van der Waals surface area (Å²) in [5.41, 5.74) is 13.1. The van der Waals surface area contributed by atoms with E-state index < -0.39 is 0 Å². The monoisotopic (exact) mass is 593 g/mol. The van der Waals surface area contributed by atoms with Crippen molar-refractivity contribution >= 4 is 22.5 Å². The lowest BCUT2D eigenvalue weighted by atomic mass is 9.85. The van der Waals surface area contributed by atoms with Gasteiger partial charge in [0.2, 0.25) is 0 Å². The Morgan fingerprint density at radius 2 is 1.20 bits per heavy atom. The Labute approximate surface area is 274 Å². The van der Waals surface area contributed by atoms with E-state index in [2.05, 4.69) is 178 Å². The number of hydrogen-bond donors (Lipinski definition) is 0. The van der Waals surface area contributed by atoms with Gasteiger partial charge < -0.3 is 4.90 Å². The summed E-state index contributed by atoms with van der Waals surface area (Å²) < 4.78 is 0. The zero-order valence-electron chi connectivity index (χ0n) is 26.6. The van der Waals surface area contributed by atoms with Crippen molar-refractivity contribution in [3.63, 3.8) is 0 Å². The second-order valence-electron chi connectivity index (χ2n) is 12.0. The molecule has 0 amide bonds. The Morgan fingerprint density at radius 1 is 0.630 bits per heavy atom. The Balaban J connectivity index is 1.33. The molecule has 0 aliphatic heterocycles. The minimum Gasteiger partial charge on any atom is -0.317 e.